The van der Waals surface area contributed by atoms with Crippen LogP contribution in [0.25, 0.3) is 22.9 Å². The highest BCUT2D eigenvalue weighted by atomic mass is 19.2. The first-order valence-corrected chi connectivity index (χ1v) is 21.0. The van der Waals surface area contributed by atoms with Gasteiger partial charge in [0.1, 0.15) is 11.6 Å². The van der Waals surface area contributed by atoms with E-state index in [1.54, 1.807) is 6.07 Å². The van der Waals surface area contributed by atoms with Crippen LogP contribution in [0.3, 0.4) is 0 Å². The third-order valence-electron chi connectivity index (χ3n) is 10.4. The average molecular weight is 921 g/mol. The van der Waals surface area contributed by atoms with Crippen LogP contribution in [0.2, 0.25) is 0 Å². The van der Waals surface area contributed by atoms with Gasteiger partial charge in [-0.05, 0) is 73.0 Å². The van der Waals surface area contributed by atoms with E-state index in [0.717, 1.165) is 57.5 Å². The Bertz CT molecular complexity index is 2600. The Kier molecular flexibility index (Phi) is 16.4. The molecule has 4 aromatic carbocycles. The molecule has 0 radical (unpaired) electrons. The second kappa shape index (κ2) is 23.0. The molecule has 348 valence electrons. The maximum absolute atomic E-state index is 14.7. The topological polar surface area (TPSA) is 171 Å². The molecule has 2 aliphatic heterocycles. The molecule has 2 saturated heterocycles. The minimum Gasteiger partial charge on any atom is -0.403 e. The summed E-state index contributed by atoms with van der Waals surface area (Å²) in [6, 6.07) is 13.0. The number of hydrogen-bond acceptors (Lipinski definition) is 15. The van der Waals surface area contributed by atoms with E-state index in [-0.39, 0.29) is 64.3 Å². The number of aliphatic hydroxyl groups is 1. The molecule has 4 heterocycles. The number of aryl methyl sites for hydroxylation is 1. The quantitative estimate of drug-likeness (QED) is 0.0460. The Labute approximate surface area is 375 Å². The van der Waals surface area contributed by atoms with Gasteiger partial charge in [0.15, 0.2) is 23.3 Å². The molecule has 0 aliphatic carbocycles. The lowest BCUT2D eigenvalue weighted by molar-refractivity contribution is 0.0397. The van der Waals surface area contributed by atoms with Crippen LogP contribution < -0.4 is 21.3 Å². The number of hydrogen-bond donors (Lipinski definition) is 5. The molecule has 2 aromatic heterocycles. The van der Waals surface area contributed by atoms with Crippen molar-refractivity contribution in [1.82, 2.24) is 30.2 Å². The number of nitrogens with zero attached hydrogens (tertiary/aromatic N) is 6. The van der Waals surface area contributed by atoms with Crippen molar-refractivity contribution in [3.05, 3.63) is 107 Å². The molecule has 5 N–H and O–H groups in total. The minimum atomic E-state index is -1.21. The maximum Gasteiger partial charge on any atom is 0.315 e. The van der Waals surface area contributed by atoms with E-state index >= 15 is 0 Å². The highest BCUT2D eigenvalue weighted by Crippen LogP contribution is 2.36. The van der Waals surface area contributed by atoms with E-state index in [0.29, 0.717) is 63.5 Å². The van der Waals surface area contributed by atoms with Crippen LogP contribution in [0.4, 0.5) is 61.1 Å². The van der Waals surface area contributed by atoms with Crippen LogP contribution in [0.1, 0.15) is 17.5 Å². The predicted molar refractivity (Wildman–Crippen MR) is 234 cm³/mol. The molecular formula is C45H46F6N10O5. The monoisotopic (exact) mass is 920 g/mol. The smallest absolute Gasteiger partial charge is 0.315 e. The molecular weight excluding hydrogens is 875 g/mol. The Morgan fingerprint density at radius 2 is 1.09 bits per heavy atom. The molecule has 2 aliphatic rings. The van der Waals surface area contributed by atoms with Crippen molar-refractivity contribution in [1.29, 1.82) is 0 Å². The number of rotatable bonds is 17. The number of ether oxygens (including phenoxy) is 2. The van der Waals surface area contributed by atoms with Gasteiger partial charge in [0, 0.05) is 64.5 Å². The number of anilines is 6. The number of benzene rings is 4. The molecule has 0 unspecified atom stereocenters. The van der Waals surface area contributed by atoms with Gasteiger partial charge in [0.2, 0.25) is 0 Å². The molecule has 15 nitrogen and oxygen atoms in total. The molecule has 0 saturated carbocycles. The van der Waals surface area contributed by atoms with Gasteiger partial charge in [0.25, 0.3) is 11.8 Å². The summed E-state index contributed by atoms with van der Waals surface area (Å²) >= 11 is 0. The molecule has 8 rings (SSSR count). The molecule has 2 fully saturated rings. The maximum atomic E-state index is 14.7. The minimum absolute atomic E-state index is 0.00622. The number of terminal acetylenes is 1. The van der Waals surface area contributed by atoms with Crippen molar-refractivity contribution in [3.8, 4) is 35.3 Å². The second-order valence-corrected chi connectivity index (χ2v) is 14.9. The van der Waals surface area contributed by atoms with Gasteiger partial charge >= 0.3 is 12.0 Å². The summed E-state index contributed by atoms with van der Waals surface area (Å²) in [5, 5.41) is 35.8. The number of aromatic nitrogens is 4. The summed E-state index contributed by atoms with van der Waals surface area (Å²) in [4.78, 5) is 4.46. The zero-order valence-electron chi connectivity index (χ0n) is 35.5. The summed E-state index contributed by atoms with van der Waals surface area (Å²) in [5.41, 5.74) is 0.403. The van der Waals surface area contributed by atoms with Gasteiger partial charge in [-0.1, -0.05) is 22.2 Å². The first-order valence-electron chi connectivity index (χ1n) is 21.0. The molecule has 0 spiro atoms. The highest BCUT2D eigenvalue weighted by Gasteiger charge is 2.23. The van der Waals surface area contributed by atoms with E-state index < -0.39 is 34.9 Å². The molecule has 0 amide bonds. The second-order valence-electron chi connectivity index (χ2n) is 14.9. The number of aliphatic hydroxyl groups excluding tert-OH is 1. The Hall–Kier alpha value is -6.70. The first kappa shape index (κ1) is 47.3. The first-order chi connectivity index (χ1) is 32.1. The Morgan fingerprint density at radius 3 is 1.55 bits per heavy atom. The van der Waals surface area contributed by atoms with Crippen molar-refractivity contribution >= 4 is 34.8 Å². The van der Waals surface area contributed by atoms with Gasteiger partial charge in [-0.3, -0.25) is 9.80 Å². The lowest BCUT2D eigenvalue weighted by atomic mass is 10.1. The van der Waals surface area contributed by atoms with Crippen molar-refractivity contribution < 1.29 is 49.8 Å². The zero-order chi connectivity index (χ0) is 46.4. The molecule has 0 bridgehead atoms. The fraction of sp³-hybridized carbons (Fsp3) is 0.333. The standard InChI is InChI=1S/C23H26F3N5O3.C22H20F3N5O2/c24-17-5-4-16(22-29-30-23(34-22)27-7-8-31-9-12-33-13-10-31)21(20(17)26)28-19-6-3-15(2-1-11-32)14-18(19)25;1-2-14-3-6-18(17(24)13-14)27-20-15(4-5-16(23)19(20)25)21-28-29-22(32-21)26-7-8-30-9-11-31-12-10-30/h3-6,14,28,32H,1-2,7-13H2,(H,27,30);1,3-6,13,27H,7-12H2,(H,26,29). The van der Waals surface area contributed by atoms with Crippen LogP contribution in [-0.2, 0) is 15.9 Å². The van der Waals surface area contributed by atoms with Gasteiger partial charge in [-0.25, -0.2) is 26.3 Å². The molecule has 0 atom stereocenters. The fourth-order valence-corrected chi connectivity index (χ4v) is 6.87. The number of morpholine rings is 2. The lowest BCUT2D eigenvalue weighted by Gasteiger charge is -2.26. The highest BCUT2D eigenvalue weighted by molar-refractivity contribution is 5.79. The third-order valence-corrected chi connectivity index (χ3v) is 10.4. The Morgan fingerprint density at radius 1 is 0.606 bits per heavy atom. The normalized spacial score (nSPS) is 14.3. The fourth-order valence-electron chi connectivity index (χ4n) is 6.87. The van der Waals surface area contributed by atoms with Crippen molar-refractivity contribution in [3.63, 3.8) is 0 Å². The third kappa shape index (κ3) is 12.3. The zero-order valence-corrected chi connectivity index (χ0v) is 35.5. The van der Waals surface area contributed by atoms with Crippen LogP contribution in [-0.4, -0.2) is 121 Å². The van der Waals surface area contributed by atoms with Crippen LogP contribution in [0.5, 0.6) is 0 Å². The summed E-state index contributed by atoms with van der Waals surface area (Å²) in [6.45, 7) is 8.79. The van der Waals surface area contributed by atoms with Crippen molar-refractivity contribution in [2.45, 2.75) is 12.8 Å². The van der Waals surface area contributed by atoms with Gasteiger partial charge in [-0.2, -0.15) is 0 Å². The van der Waals surface area contributed by atoms with Crippen LogP contribution in [0, 0.1) is 47.2 Å². The van der Waals surface area contributed by atoms with Gasteiger partial charge < -0.3 is 44.7 Å². The Balaban J connectivity index is 0.000000197. The average Bonchev–Trinajstić information content (AvgIpc) is 4.01. The molecule has 6 aromatic rings. The SMILES string of the molecule is C#Cc1ccc(Nc2c(-c3nnc(NCCN4CCOCC4)o3)ccc(F)c2F)c(F)c1.OCCCc1ccc(Nc2c(-c3nnc(NCCN4CCOCC4)o3)ccc(F)c2F)c(F)c1. The van der Waals surface area contributed by atoms with Gasteiger partial charge in [-0.15, -0.1) is 16.6 Å². The van der Waals surface area contributed by atoms with Crippen molar-refractivity contribution in [2.24, 2.45) is 0 Å². The summed E-state index contributed by atoms with van der Waals surface area (Å²) in [6.07, 6.45) is 6.25. The van der Waals surface area contributed by atoms with E-state index in [2.05, 4.69) is 57.4 Å². The number of halogens is 6. The van der Waals surface area contributed by atoms with E-state index in [9.17, 15) is 26.3 Å². The van der Waals surface area contributed by atoms with Gasteiger partial charge in [0.05, 0.1) is 60.3 Å². The summed E-state index contributed by atoms with van der Waals surface area (Å²) in [7, 11) is 0. The van der Waals surface area contributed by atoms with E-state index in [1.807, 2.05) is 0 Å². The van der Waals surface area contributed by atoms with Crippen molar-refractivity contribution in [2.75, 3.05) is 107 Å². The molecule has 21 heteroatoms. The van der Waals surface area contributed by atoms with E-state index in [1.165, 1.54) is 36.4 Å². The van der Waals surface area contributed by atoms with Crippen LogP contribution in [0.15, 0.2) is 69.5 Å². The molecule has 66 heavy (non-hydrogen) atoms. The lowest BCUT2D eigenvalue weighted by Crippen LogP contribution is -2.39. The summed E-state index contributed by atoms with van der Waals surface area (Å²) in [5.74, 6) is -3.76. The summed E-state index contributed by atoms with van der Waals surface area (Å²) < 4.78 is 108. The largest absolute Gasteiger partial charge is 0.403 e. The van der Waals surface area contributed by atoms with E-state index in [4.69, 9.17) is 29.8 Å². The number of nitrogens with one attached hydrogen (secondary N) is 4. The van der Waals surface area contributed by atoms with Crippen LogP contribution >= 0.6 is 0 Å². The predicted octanol–water partition coefficient (Wildman–Crippen LogP) is 7.19.